The zero-order valence-electron chi connectivity index (χ0n) is 11.6. The maximum Gasteiger partial charge on any atom is 0.130 e. The van der Waals surface area contributed by atoms with Gasteiger partial charge >= 0.3 is 0 Å². The Morgan fingerprint density at radius 3 is 2.79 bits per heavy atom. The first kappa shape index (κ1) is 14.4. The largest absolute Gasteiger partial charge is 0.314 e. The summed E-state index contributed by atoms with van der Waals surface area (Å²) in [6.07, 6.45) is 2.16. The Morgan fingerprint density at radius 2 is 2.16 bits per heavy atom. The molecule has 0 spiro atoms. The Kier molecular flexibility index (Phi) is 4.88. The quantitative estimate of drug-likeness (QED) is 0.903. The molecule has 1 saturated heterocycles. The van der Waals surface area contributed by atoms with Crippen molar-refractivity contribution in [1.29, 1.82) is 0 Å². The van der Waals surface area contributed by atoms with Gasteiger partial charge < -0.3 is 5.32 Å². The maximum atomic E-state index is 13.7. The summed E-state index contributed by atoms with van der Waals surface area (Å²) in [6.45, 7) is 6.79. The first-order valence-electron chi connectivity index (χ1n) is 7.01. The average molecular weight is 268 g/mol. The summed E-state index contributed by atoms with van der Waals surface area (Å²) in [5.41, 5.74) is 0.579. The Hall–Kier alpha value is -1.00. The van der Waals surface area contributed by atoms with Crippen LogP contribution in [0.15, 0.2) is 18.2 Å². The second-order valence-electron chi connectivity index (χ2n) is 5.33. The van der Waals surface area contributed by atoms with Gasteiger partial charge in [-0.3, -0.25) is 4.90 Å². The van der Waals surface area contributed by atoms with Crippen LogP contribution in [0.3, 0.4) is 0 Å². The number of hydrogen-bond acceptors (Lipinski definition) is 2. The highest BCUT2D eigenvalue weighted by atomic mass is 19.1. The molecule has 4 heteroatoms. The number of hydrogen-bond donors (Lipinski definition) is 1. The fraction of sp³-hybridized carbons (Fsp3) is 0.600. The molecule has 0 aliphatic carbocycles. The van der Waals surface area contributed by atoms with Crippen LogP contribution in [0.25, 0.3) is 0 Å². The molecular weight excluding hydrogens is 246 g/mol. The van der Waals surface area contributed by atoms with Gasteiger partial charge in [0.15, 0.2) is 0 Å². The van der Waals surface area contributed by atoms with Crippen LogP contribution in [0.1, 0.15) is 32.3 Å². The van der Waals surface area contributed by atoms with Crippen molar-refractivity contribution in [3.8, 4) is 0 Å². The van der Waals surface area contributed by atoms with Crippen molar-refractivity contribution in [2.45, 2.75) is 45.3 Å². The van der Waals surface area contributed by atoms with E-state index in [1.165, 1.54) is 6.07 Å². The molecular formula is C15H22F2N2. The first-order chi connectivity index (χ1) is 9.10. The number of piperidine rings is 1. The molecule has 1 aromatic carbocycles. The normalized spacial score (nSPS) is 24.6. The molecule has 1 heterocycles. The number of rotatable bonds is 4. The summed E-state index contributed by atoms with van der Waals surface area (Å²) in [6, 6.07) is 4.82. The topological polar surface area (TPSA) is 15.3 Å². The third-order valence-electron chi connectivity index (χ3n) is 3.90. The predicted molar refractivity (Wildman–Crippen MR) is 72.9 cm³/mol. The van der Waals surface area contributed by atoms with Gasteiger partial charge in [0.1, 0.15) is 11.6 Å². The Morgan fingerprint density at radius 1 is 1.37 bits per heavy atom. The summed E-state index contributed by atoms with van der Waals surface area (Å²) < 4.78 is 26.5. The lowest BCUT2D eigenvalue weighted by atomic mass is 9.97. The smallest absolute Gasteiger partial charge is 0.130 e. The zero-order chi connectivity index (χ0) is 13.8. The van der Waals surface area contributed by atoms with Gasteiger partial charge in [-0.05, 0) is 32.4 Å². The molecule has 0 aromatic heterocycles. The molecule has 1 aliphatic rings. The second kappa shape index (κ2) is 6.44. The van der Waals surface area contributed by atoms with E-state index in [1.54, 1.807) is 6.07 Å². The zero-order valence-corrected chi connectivity index (χ0v) is 11.6. The minimum Gasteiger partial charge on any atom is -0.314 e. The molecule has 0 saturated carbocycles. The third-order valence-corrected chi connectivity index (χ3v) is 3.90. The molecule has 2 nitrogen and oxygen atoms in total. The molecule has 1 aromatic rings. The molecule has 19 heavy (non-hydrogen) atoms. The lowest BCUT2D eigenvalue weighted by Crippen LogP contribution is -2.47. The highest BCUT2D eigenvalue weighted by Crippen LogP contribution is 2.21. The lowest BCUT2D eigenvalue weighted by molar-refractivity contribution is 0.128. The van der Waals surface area contributed by atoms with E-state index in [1.807, 2.05) is 0 Å². The lowest BCUT2D eigenvalue weighted by Gasteiger charge is -2.38. The van der Waals surface area contributed by atoms with Gasteiger partial charge in [-0.15, -0.1) is 0 Å². The van der Waals surface area contributed by atoms with Crippen molar-refractivity contribution in [3.05, 3.63) is 35.4 Å². The molecule has 106 valence electrons. The summed E-state index contributed by atoms with van der Waals surface area (Å²) >= 11 is 0. The van der Waals surface area contributed by atoms with Gasteiger partial charge in [0, 0.05) is 36.8 Å². The standard InChI is InChI=1S/C15H22F2N2/c1-3-18-14-6-7-19(11(2)8-14)10-12-4-5-13(16)9-15(12)17/h4-5,9,11,14,18H,3,6-8,10H2,1-2H3. The van der Waals surface area contributed by atoms with E-state index < -0.39 is 11.6 Å². The Labute approximate surface area is 113 Å². The maximum absolute atomic E-state index is 13.7. The SMILES string of the molecule is CCNC1CCN(Cc2ccc(F)cc2F)C(C)C1. The van der Waals surface area contributed by atoms with E-state index in [4.69, 9.17) is 0 Å². The van der Waals surface area contributed by atoms with E-state index in [0.29, 0.717) is 24.2 Å². The van der Waals surface area contributed by atoms with Crippen LogP contribution in [0.2, 0.25) is 0 Å². The van der Waals surface area contributed by atoms with Crippen LogP contribution in [-0.4, -0.2) is 30.1 Å². The van der Waals surface area contributed by atoms with E-state index in [0.717, 1.165) is 32.0 Å². The van der Waals surface area contributed by atoms with Crippen LogP contribution in [0, 0.1) is 11.6 Å². The fourth-order valence-electron chi connectivity index (χ4n) is 2.80. The number of benzene rings is 1. The molecule has 1 fully saturated rings. The predicted octanol–water partition coefficient (Wildman–Crippen LogP) is 2.93. The van der Waals surface area contributed by atoms with E-state index in [9.17, 15) is 8.78 Å². The van der Waals surface area contributed by atoms with Gasteiger partial charge in [0.2, 0.25) is 0 Å². The van der Waals surface area contributed by atoms with Crippen LogP contribution in [0.5, 0.6) is 0 Å². The minimum atomic E-state index is -0.514. The Balaban J connectivity index is 1.96. The number of likely N-dealkylation sites (tertiary alicyclic amines) is 1. The number of nitrogens with one attached hydrogen (secondary N) is 1. The first-order valence-corrected chi connectivity index (χ1v) is 7.01. The van der Waals surface area contributed by atoms with Crippen molar-refractivity contribution in [3.63, 3.8) is 0 Å². The molecule has 0 radical (unpaired) electrons. The second-order valence-corrected chi connectivity index (χ2v) is 5.33. The van der Waals surface area contributed by atoms with Gasteiger partial charge in [-0.25, -0.2) is 8.78 Å². The molecule has 2 rings (SSSR count). The van der Waals surface area contributed by atoms with Crippen molar-refractivity contribution in [2.24, 2.45) is 0 Å². The van der Waals surface area contributed by atoms with Gasteiger partial charge in [0.05, 0.1) is 0 Å². The van der Waals surface area contributed by atoms with Crippen LogP contribution < -0.4 is 5.32 Å². The summed E-state index contributed by atoms with van der Waals surface area (Å²) in [4.78, 5) is 2.27. The Bertz CT molecular complexity index is 423. The average Bonchev–Trinajstić information content (AvgIpc) is 2.36. The summed E-state index contributed by atoms with van der Waals surface area (Å²) in [7, 11) is 0. The number of halogens is 2. The van der Waals surface area contributed by atoms with E-state index >= 15 is 0 Å². The van der Waals surface area contributed by atoms with Crippen molar-refractivity contribution in [1.82, 2.24) is 10.2 Å². The van der Waals surface area contributed by atoms with Crippen molar-refractivity contribution in [2.75, 3.05) is 13.1 Å². The monoisotopic (exact) mass is 268 g/mol. The van der Waals surface area contributed by atoms with Crippen molar-refractivity contribution < 1.29 is 8.78 Å². The van der Waals surface area contributed by atoms with E-state index in [2.05, 4.69) is 24.1 Å². The van der Waals surface area contributed by atoms with Gasteiger partial charge in [-0.2, -0.15) is 0 Å². The fourth-order valence-corrected chi connectivity index (χ4v) is 2.80. The molecule has 1 N–H and O–H groups in total. The molecule has 0 amide bonds. The van der Waals surface area contributed by atoms with Gasteiger partial charge in [0.25, 0.3) is 0 Å². The molecule has 2 unspecified atom stereocenters. The minimum absolute atomic E-state index is 0.419. The van der Waals surface area contributed by atoms with Crippen molar-refractivity contribution >= 4 is 0 Å². The highest BCUT2D eigenvalue weighted by Gasteiger charge is 2.25. The van der Waals surface area contributed by atoms with E-state index in [-0.39, 0.29) is 0 Å². The van der Waals surface area contributed by atoms with Gasteiger partial charge in [-0.1, -0.05) is 13.0 Å². The van der Waals surface area contributed by atoms with Crippen LogP contribution in [-0.2, 0) is 6.54 Å². The molecule has 0 bridgehead atoms. The van der Waals surface area contributed by atoms with Crippen LogP contribution in [0.4, 0.5) is 8.78 Å². The molecule has 2 atom stereocenters. The number of nitrogens with zero attached hydrogens (tertiary/aromatic N) is 1. The highest BCUT2D eigenvalue weighted by molar-refractivity contribution is 5.18. The van der Waals surface area contributed by atoms with Crippen LogP contribution >= 0.6 is 0 Å². The molecule has 1 aliphatic heterocycles. The third kappa shape index (κ3) is 3.74. The summed E-state index contributed by atoms with van der Waals surface area (Å²) in [5.74, 6) is -0.957. The summed E-state index contributed by atoms with van der Waals surface area (Å²) in [5, 5.41) is 3.47.